The summed E-state index contributed by atoms with van der Waals surface area (Å²) >= 11 is 0. The molecule has 0 aliphatic rings. The lowest BCUT2D eigenvalue weighted by Crippen LogP contribution is -2.31. The van der Waals surface area contributed by atoms with Crippen molar-refractivity contribution in [2.75, 3.05) is 25.6 Å². The van der Waals surface area contributed by atoms with Gasteiger partial charge in [-0.05, 0) is 18.2 Å². The van der Waals surface area contributed by atoms with Crippen LogP contribution in [0.4, 0.5) is 0 Å². The minimum Gasteiger partial charge on any atom is -0.478 e. The molecule has 0 fully saturated rings. The van der Waals surface area contributed by atoms with Gasteiger partial charge >= 0.3 is 5.97 Å². The number of carbonyl (C=O) groups excluding carboxylic acids is 1. The van der Waals surface area contributed by atoms with Crippen LogP contribution in [0.5, 0.6) is 0 Å². The van der Waals surface area contributed by atoms with Gasteiger partial charge in [-0.1, -0.05) is 6.07 Å². The maximum atomic E-state index is 12.0. The first-order chi connectivity index (χ1) is 8.70. The number of carbonyl (C=O) groups is 2. The van der Waals surface area contributed by atoms with Crippen LogP contribution in [0.2, 0.25) is 0 Å². The van der Waals surface area contributed by atoms with Crippen LogP contribution in [-0.4, -0.2) is 55.9 Å². The first-order valence-electron chi connectivity index (χ1n) is 5.47. The fraction of sp³-hybridized carbons (Fsp3) is 0.333. The summed E-state index contributed by atoms with van der Waals surface area (Å²) in [4.78, 5) is 24.0. The van der Waals surface area contributed by atoms with Gasteiger partial charge in [-0.3, -0.25) is 4.79 Å². The number of nitrogens with zero attached hydrogens (tertiary/aromatic N) is 1. The normalized spacial score (nSPS) is 11.1. The van der Waals surface area contributed by atoms with Gasteiger partial charge in [0, 0.05) is 25.4 Å². The molecule has 0 aromatic heterocycles. The molecule has 104 valence electrons. The van der Waals surface area contributed by atoms with Gasteiger partial charge in [0.05, 0.1) is 11.3 Å². The van der Waals surface area contributed by atoms with E-state index in [-0.39, 0.29) is 23.4 Å². The Labute approximate surface area is 111 Å². The predicted molar refractivity (Wildman–Crippen MR) is 70.1 cm³/mol. The molecule has 0 bridgehead atoms. The van der Waals surface area contributed by atoms with Crippen molar-refractivity contribution in [3.05, 3.63) is 35.4 Å². The van der Waals surface area contributed by atoms with Crippen molar-refractivity contribution >= 4 is 21.7 Å². The van der Waals surface area contributed by atoms with E-state index < -0.39 is 21.7 Å². The lowest BCUT2D eigenvalue weighted by Gasteiger charge is -2.16. The number of carboxylic acids is 1. The fourth-order valence-corrected chi connectivity index (χ4v) is 2.02. The number of hydrogen-bond acceptors (Lipinski definition) is 4. The molecular weight excluding hydrogens is 270 g/mol. The van der Waals surface area contributed by atoms with E-state index in [1.165, 1.54) is 36.2 Å². The Balaban J connectivity index is 2.82. The number of hydrogen-bond donors (Lipinski definition) is 1. The molecule has 0 aliphatic carbocycles. The molecular formula is C12H15NO5S. The Hall–Kier alpha value is -1.89. The van der Waals surface area contributed by atoms with Gasteiger partial charge in [-0.25, -0.2) is 13.2 Å². The van der Waals surface area contributed by atoms with E-state index >= 15 is 0 Å². The summed E-state index contributed by atoms with van der Waals surface area (Å²) in [6, 6.07) is 5.62. The molecule has 1 rings (SSSR count). The highest BCUT2D eigenvalue weighted by Gasteiger charge is 2.15. The summed E-state index contributed by atoms with van der Waals surface area (Å²) in [5.41, 5.74) is 0.235. The molecule has 0 radical (unpaired) electrons. The van der Waals surface area contributed by atoms with Crippen LogP contribution in [0.1, 0.15) is 20.7 Å². The topological polar surface area (TPSA) is 91.8 Å². The van der Waals surface area contributed by atoms with Gasteiger partial charge < -0.3 is 10.0 Å². The average Bonchev–Trinajstić information content (AvgIpc) is 2.34. The minimum absolute atomic E-state index is 0.0161. The highest BCUT2D eigenvalue weighted by atomic mass is 32.2. The fourth-order valence-electron chi connectivity index (χ4n) is 1.41. The van der Waals surface area contributed by atoms with Crippen LogP contribution in [-0.2, 0) is 9.84 Å². The summed E-state index contributed by atoms with van der Waals surface area (Å²) in [5, 5.41) is 8.84. The molecule has 1 amide bonds. The largest absolute Gasteiger partial charge is 0.478 e. The molecule has 0 saturated carbocycles. The molecule has 0 atom stereocenters. The van der Waals surface area contributed by atoms with Crippen molar-refractivity contribution in [2.45, 2.75) is 0 Å². The molecule has 7 heteroatoms. The standard InChI is InChI=1S/C12H15NO5S/c1-13(6-7-19(2,17)18)11(14)9-4-3-5-10(8-9)12(15)16/h3-5,8H,6-7H2,1-2H3,(H,15,16). The van der Waals surface area contributed by atoms with E-state index in [1.807, 2.05) is 0 Å². The van der Waals surface area contributed by atoms with Crippen LogP contribution in [0, 0.1) is 0 Å². The van der Waals surface area contributed by atoms with Crippen molar-refractivity contribution in [3.63, 3.8) is 0 Å². The van der Waals surface area contributed by atoms with Gasteiger partial charge in [0.2, 0.25) is 0 Å². The van der Waals surface area contributed by atoms with E-state index in [0.717, 1.165) is 6.26 Å². The highest BCUT2D eigenvalue weighted by Crippen LogP contribution is 2.08. The maximum Gasteiger partial charge on any atom is 0.335 e. The van der Waals surface area contributed by atoms with Gasteiger partial charge in [0.15, 0.2) is 0 Å². The van der Waals surface area contributed by atoms with Crippen LogP contribution >= 0.6 is 0 Å². The molecule has 19 heavy (non-hydrogen) atoms. The molecule has 0 unspecified atom stereocenters. The summed E-state index contributed by atoms with van der Waals surface area (Å²) in [7, 11) is -1.67. The van der Waals surface area contributed by atoms with Crippen LogP contribution in [0.15, 0.2) is 24.3 Å². The number of benzene rings is 1. The van der Waals surface area contributed by atoms with E-state index in [0.29, 0.717) is 0 Å². The van der Waals surface area contributed by atoms with Crippen molar-refractivity contribution in [3.8, 4) is 0 Å². The van der Waals surface area contributed by atoms with Gasteiger partial charge in [0.25, 0.3) is 5.91 Å². The second-order valence-corrected chi connectivity index (χ2v) is 6.50. The lowest BCUT2D eigenvalue weighted by molar-refractivity contribution is 0.0697. The quantitative estimate of drug-likeness (QED) is 0.850. The third kappa shape index (κ3) is 4.70. The number of carboxylic acid groups (broad SMARTS) is 1. The maximum absolute atomic E-state index is 12.0. The zero-order valence-electron chi connectivity index (χ0n) is 10.7. The highest BCUT2D eigenvalue weighted by molar-refractivity contribution is 7.90. The smallest absolute Gasteiger partial charge is 0.335 e. The Bertz CT molecular complexity index is 594. The second-order valence-electron chi connectivity index (χ2n) is 4.24. The summed E-state index contributed by atoms with van der Waals surface area (Å²) < 4.78 is 22.0. The minimum atomic E-state index is -3.14. The second kappa shape index (κ2) is 5.83. The van der Waals surface area contributed by atoms with E-state index in [9.17, 15) is 18.0 Å². The van der Waals surface area contributed by atoms with E-state index in [1.54, 1.807) is 0 Å². The van der Waals surface area contributed by atoms with Gasteiger partial charge in [-0.2, -0.15) is 0 Å². The monoisotopic (exact) mass is 285 g/mol. The van der Waals surface area contributed by atoms with E-state index in [2.05, 4.69) is 0 Å². The zero-order chi connectivity index (χ0) is 14.6. The molecule has 0 heterocycles. The van der Waals surface area contributed by atoms with Crippen molar-refractivity contribution in [1.82, 2.24) is 4.90 Å². The summed E-state index contributed by atoms with van der Waals surface area (Å²) in [5.74, 6) is -1.66. The lowest BCUT2D eigenvalue weighted by atomic mass is 10.1. The summed E-state index contributed by atoms with van der Waals surface area (Å²) in [6.07, 6.45) is 1.09. The Morgan fingerprint density at radius 1 is 1.26 bits per heavy atom. The van der Waals surface area contributed by atoms with Gasteiger partial charge in [-0.15, -0.1) is 0 Å². The SMILES string of the molecule is CN(CCS(C)(=O)=O)C(=O)c1cccc(C(=O)O)c1. The third-order valence-electron chi connectivity index (χ3n) is 2.50. The number of sulfone groups is 1. The van der Waals surface area contributed by atoms with Crippen molar-refractivity contribution in [2.24, 2.45) is 0 Å². The van der Waals surface area contributed by atoms with Crippen LogP contribution in [0.3, 0.4) is 0 Å². The first-order valence-corrected chi connectivity index (χ1v) is 7.53. The first kappa shape index (κ1) is 15.2. The number of rotatable bonds is 5. The van der Waals surface area contributed by atoms with Crippen molar-refractivity contribution < 1.29 is 23.1 Å². The molecule has 6 nitrogen and oxygen atoms in total. The molecule has 0 spiro atoms. The average molecular weight is 285 g/mol. The molecule has 1 N–H and O–H groups in total. The number of amides is 1. The Kier molecular flexibility index (Phi) is 4.66. The molecule has 0 aliphatic heterocycles. The zero-order valence-corrected chi connectivity index (χ0v) is 11.5. The van der Waals surface area contributed by atoms with Gasteiger partial charge in [0.1, 0.15) is 9.84 Å². The van der Waals surface area contributed by atoms with Crippen LogP contribution < -0.4 is 0 Å². The van der Waals surface area contributed by atoms with Crippen LogP contribution in [0.25, 0.3) is 0 Å². The van der Waals surface area contributed by atoms with E-state index in [4.69, 9.17) is 5.11 Å². The Morgan fingerprint density at radius 2 is 1.84 bits per heavy atom. The summed E-state index contributed by atoms with van der Waals surface area (Å²) in [6.45, 7) is 0.0645. The Morgan fingerprint density at radius 3 is 2.37 bits per heavy atom. The molecule has 1 aromatic carbocycles. The number of aromatic carboxylic acids is 1. The van der Waals surface area contributed by atoms with Crippen molar-refractivity contribution in [1.29, 1.82) is 0 Å². The predicted octanol–water partition coefficient (Wildman–Crippen LogP) is 0.501. The third-order valence-corrected chi connectivity index (χ3v) is 3.42. The molecule has 1 aromatic rings. The molecule has 0 saturated heterocycles.